The van der Waals surface area contributed by atoms with Gasteiger partial charge in [-0.25, -0.2) is 13.2 Å². The van der Waals surface area contributed by atoms with Crippen molar-refractivity contribution in [2.45, 2.75) is 12.5 Å². The third kappa shape index (κ3) is 2.77. The van der Waals surface area contributed by atoms with Gasteiger partial charge in [-0.3, -0.25) is 0 Å². The summed E-state index contributed by atoms with van der Waals surface area (Å²) in [5.41, 5.74) is -0.0319. The van der Waals surface area contributed by atoms with Crippen LogP contribution in [0.2, 0.25) is 0 Å². The summed E-state index contributed by atoms with van der Waals surface area (Å²) >= 11 is 0. The van der Waals surface area contributed by atoms with E-state index in [9.17, 15) is 18.3 Å². The van der Waals surface area contributed by atoms with Crippen LogP contribution in [-0.2, 0) is 0 Å². The maximum Gasteiger partial charge on any atom is 0.263 e. The lowest BCUT2D eigenvalue weighted by Gasteiger charge is -2.15. The van der Waals surface area contributed by atoms with E-state index in [4.69, 9.17) is 4.74 Å². The van der Waals surface area contributed by atoms with Crippen LogP contribution in [0.1, 0.15) is 29.2 Å². The minimum absolute atomic E-state index is 0.00781. The van der Waals surface area contributed by atoms with E-state index in [-0.39, 0.29) is 22.4 Å². The van der Waals surface area contributed by atoms with Crippen molar-refractivity contribution in [2.75, 3.05) is 7.11 Å². The molecule has 0 aromatic heterocycles. The second kappa shape index (κ2) is 5.96. The first-order valence-corrected chi connectivity index (χ1v) is 5.93. The van der Waals surface area contributed by atoms with Crippen molar-refractivity contribution in [3.63, 3.8) is 0 Å². The lowest BCUT2D eigenvalue weighted by atomic mass is 9.99. The number of alkyl halides is 2. The second-order valence-electron chi connectivity index (χ2n) is 4.24. The monoisotopic (exact) mass is 282 g/mol. The van der Waals surface area contributed by atoms with Crippen molar-refractivity contribution in [1.82, 2.24) is 0 Å². The average molecular weight is 282 g/mol. The molecular weight excluding hydrogens is 269 g/mol. The van der Waals surface area contributed by atoms with Gasteiger partial charge in [0.25, 0.3) is 6.43 Å². The Morgan fingerprint density at radius 1 is 1.05 bits per heavy atom. The van der Waals surface area contributed by atoms with Crippen LogP contribution in [0.15, 0.2) is 42.5 Å². The smallest absolute Gasteiger partial charge is 0.263 e. The fourth-order valence-corrected chi connectivity index (χ4v) is 1.94. The zero-order valence-electron chi connectivity index (χ0n) is 10.7. The molecule has 2 aromatic rings. The predicted molar refractivity (Wildman–Crippen MR) is 68.4 cm³/mol. The lowest BCUT2D eigenvalue weighted by molar-refractivity contribution is 0.150. The topological polar surface area (TPSA) is 29.5 Å². The van der Waals surface area contributed by atoms with Crippen molar-refractivity contribution in [3.05, 3.63) is 65.0 Å². The number of methoxy groups -OCH3 is 1. The van der Waals surface area contributed by atoms with Gasteiger partial charge in [-0.05, 0) is 17.7 Å². The molecule has 0 saturated heterocycles. The van der Waals surface area contributed by atoms with Gasteiger partial charge < -0.3 is 9.84 Å². The minimum Gasteiger partial charge on any atom is -0.494 e. The summed E-state index contributed by atoms with van der Waals surface area (Å²) in [7, 11) is 1.31. The lowest BCUT2D eigenvalue weighted by Crippen LogP contribution is -2.04. The van der Waals surface area contributed by atoms with E-state index in [0.717, 1.165) is 6.07 Å². The van der Waals surface area contributed by atoms with E-state index in [1.807, 2.05) is 0 Å². The van der Waals surface area contributed by atoms with Gasteiger partial charge in [0.15, 0.2) is 11.6 Å². The number of ether oxygens (including phenoxy) is 1. The Morgan fingerprint density at radius 2 is 1.70 bits per heavy atom. The van der Waals surface area contributed by atoms with Crippen LogP contribution in [0.5, 0.6) is 5.75 Å². The van der Waals surface area contributed by atoms with E-state index in [1.54, 1.807) is 0 Å². The van der Waals surface area contributed by atoms with Gasteiger partial charge in [0.1, 0.15) is 6.10 Å². The number of rotatable bonds is 4. The fourth-order valence-electron chi connectivity index (χ4n) is 1.94. The zero-order valence-corrected chi connectivity index (χ0v) is 10.7. The van der Waals surface area contributed by atoms with Gasteiger partial charge in [0, 0.05) is 11.1 Å². The number of aliphatic hydroxyl groups is 1. The molecule has 0 bridgehead atoms. The van der Waals surface area contributed by atoms with E-state index < -0.39 is 18.3 Å². The Morgan fingerprint density at radius 3 is 2.35 bits per heavy atom. The van der Waals surface area contributed by atoms with Crippen LogP contribution < -0.4 is 4.74 Å². The van der Waals surface area contributed by atoms with Crippen molar-refractivity contribution in [1.29, 1.82) is 0 Å². The van der Waals surface area contributed by atoms with Crippen molar-refractivity contribution in [2.24, 2.45) is 0 Å². The molecule has 106 valence electrons. The molecule has 2 aromatic carbocycles. The summed E-state index contributed by atoms with van der Waals surface area (Å²) in [6, 6.07) is 9.61. The number of hydrogen-bond acceptors (Lipinski definition) is 2. The molecular formula is C15H13F3O2. The summed E-state index contributed by atoms with van der Waals surface area (Å²) in [5, 5.41) is 10.2. The molecule has 0 radical (unpaired) electrons. The molecule has 0 heterocycles. The number of benzene rings is 2. The summed E-state index contributed by atoms with van der Waals surface area (Å²) in [4.78, 5) is 0. The van der Waals surface area contributed by atoms with Crippen LogP contribution in [0, 0.1) is 5.82 Å². The highest BCUT2D eigenvalue weighted by molar-refractivity contribution is 5.38. The summed E-state index contributed by atoms with van der Waals surface area (Å²) < 4.78 is 44.1. The minimum atomic E-state index is -2.64. The van der Waals surface area contributed by atoms with Crippen molar-refractivity contribution >= 4 is 0 Å². The number of aliphatic hydroxyl groups excluding tert-OH is 1. The molecule has 0 aliphatic carbocycles. The highest BCUT2D eigenvalue weighted by Crippen LogP contribution is 2.30. The van der Waals surface area contributed by atoms with E-state index in [1.165, 1.54) is 43.5 Å². The standard InChI is InChI=1S/C15H13F3O2/c1-20-12-7-3-6-11(13(12)16)14(19)9-4-2-5-10(8-9)15(17)18/h2-8,14-15,19H,1H3. The molecule has 0 fully saturated rings. The van der Waals surface area contributed by atoms with Crippen LogP contribution in [-0.4, -0.2) is 12.2 Å². The first-order valence-electron chi connectivity index (χ1n) is 5.93. The molecule has 2 rings (SSSR count). The fraction of sp³-hybridized carbons (Fsp3) is 0.200. The highest BCUT2D eigenvalue weighted by atomic mass is 19.3. The van der Waals surface area contributed by atoms with E-state index >= 15 is 0 Å². The number of halogens is 3. The van der Waals surface area contributed by atoms with Crippen LogP contribution >= 0.6 is 0 Å². The predicted octanol–water partition coefficient (Wildman–Crippen LogP) is 3.85. The Hall–Kier alpha value is -2.01. The Bertz CT molecular complexity index is 599. The average Bonchev–Trinajstić information content (AvgIpc) is 2.47. The van der Waals surface area contributed by atoms with Crippen LogP contribution in [0.4, 0.5) is 13.2 Å². The number of hydrogen-bond donors (Lipinski definition) is 1. The Balaban J connectivity index is 2.41. The first-order chi connectivity index (χ1) is 9.54. The van der Waals surface area contributed by atoms with Gasteiger partial charge in [0.2, 0.25) is 0 Å². The quantitative estimate of drug-likeness (QED) is 0.922. The SMILES string of the molecule is COc1cccc(C(O)c2cccc(C(F)F)c2)c1F. The molecule has 0 saturated carbocycles. The van der Waals surface area contributed by atoms with Gasteiger partial charge in [-0.2, -0.15) is 0 Å². The van der Waals surface area contributed by atoms with E-state index in [2.05, 4.69) is 0 Å². The summed E-state index contributed by atoms with van der Waals surface area (Å²) in [6.07, 6.45) is -3.97. The molecule has 1 N–H and O–H groups in total. The zero-order chi connectivity index (χ0) is 14.7. The van der Waals surface area contributed by atoms with Gasteiger partial charge in [-0.1, -0.05) is 30.3 Å². The van der Waals surface area contributed by atoms with Crippen molar-refractivity contribution < 1.29 is 23.0 Å². The second-order valence-corrected chi connectivity index (χ2v) is 4.24. The van der Waals surface area contributed by atoms with Gasteiger partial charge >= 0.3 is 0 Å². The van der Waals surface area contributed by atoms with Crippen LogP contribution in [0.3, 0.4) is 0 Å². The first kappa shape index (κ1) is 14.4. The summed E-state index contributed by atoms with van der Waals surface area (Å²) in [6.45, 7) is 0. The molecule has 20 heavy (non-hydrogen) atoms. The largest absolute Gasteiger partial charge is 0.494 e. The Kier molecular flexibility index (Phi) is 4.29. The molecule has 0 amide bonds. The highest BCUT2D eigenvalue weighted by Gasteiger charge is 2.19. The molecule has 1 atom stereocenters. The third-order valence-electron chi connectivity index (χ3n) is 2.99. The molecule has 0 aliphatic rings. The molecule has 5 heteroatoms. The molecule has 0 aliphatic heterocycles. The molecule has 1 unspecified atom stereocenters. The maximum absolute atomic E-state index is 14.0. The summed E-state index contributed by atoms with van der Waals surface area (Å²) in [5.74, 6) is -0.712. The maximum atomic E-state index is 14.0. The van der Waals surface area contributed by atoms with E-state index in [0.29, 0.717) is 0 Å². The molecule has 2 nitrogen and oxygen atoms in total. The van der Waals surface area contributed by atoms with Crippen molar-refractivity contribution in [3.8, 4) is 5.75 Å². The van der Waals surface area contributed by atoms with Gasteiger partial charge in [-0.15, -0.1) is 0 Å². The Labute approximate surface area is 114 Å². The molecule has 0 spiro atoms. The normalized spacial score (nSPS) is 12.5. The van der Waals surface area contributed by atoms with Gasteiger partial charge in [0.05, 0.1) is 7.11 Å². The third-order valence-corrected chi connectivity index (χ3v) is 2.99. The van der Waals surface area contributed by atoms with Crippen LogP contribution in [0.25, 0.3) is 0 Å².